The highest BCUT2D eigenvalue weighted by atomic mass is 32.2. The van der Waals surface area contributed by atoms with Gasteiger partial charge in [-0.25, -0.2) is 8.42 Å². The molecule has 0 N–H and O–H groups in total. The van der Waals surface area contributed by atoms with Gasteiger partial charge in [-0.05, 0) is 55.7 Å². The number of hydrogen-bond donors (Lipinski definition) is 0. The fourth-order valence-corrected chi connectivity index (χ4v) is 7.19. The molecule has 0 radical (unpaired) electrons. The highest BCUT2D eigenvalue weighted by molar-refractivity contribution is 7.93. The van der Waals surface area contributed by atoms with Crippen LogP contribution in [-0.2, 0) is 16.3 Å². The van der Waals surface area contributed by atoms with Crippen molar-refractivity contribution in [3.8, 4) is 0 Å². The Bertz CT molecular complexity index is 934. The molecular formula is C22H24O3S. The molecule has 3 aliphatic carbocycles. The van der Waals surface area contributed by atoms with Crippen LogP contribution >= 0.6 is 0 Å². The third-order valence-electron chi connectivity index (χ3n) is 6.21. The molecule has 0 atom stereocenters. The SMILES string of the molecule is CCc1ccc(C(=O)CC23CC(S(=O)(=O)c4ccc(C)cc4)(C2)C3)cc1. The smallest absolute Gasteiger partial charge is 0.184 e. The predicted octanol–water partition coefficient (Wildman–Crippen LogP) is 4.53. The van der Waals surface area contributed by atoms with E-state index in [0.29, 0.717) is 30.6 Å². The van der Waals surface area contributed by atoms with E-state index in [2.05, 4.69) is 6.92 Å². The monoisotopic (exact) mass is 368 g/mol. The van der Waals surface area contributed by atoms with E-state index in [1.54, 1.807) is 12.1 Å². The topological polar surface area (TPSA) is 51.2 Å². The van der Waals surface area contributed by atoms with E-state index in [0.717, 1.165) is 17.5 Å². The van der Waals surface area contributed by atoms with Crippen molar-refractivity contribution in [2.45, 2.75) is 55.6 Å². The van der Waals surface area contributed by atoms with Crippen LogP contribution in [-0.4, -0.2) is 18.9 Å². The lowest BCUT2D eigenvalue weighted by atomic mass is 9.42. The summed E-state index contributed by atoms with van der Waals surface area (Å²) in [6, 6.07) is 14.9. The summed E-state index contributed by atoms with van der Waals surface area (Å²) in [4.78, 5) is 13.0. The number of benzene rings is 2. The van der Waals surface area contributed by atoms with Crippen LogP contribution in [0.3, 0.4) is 0 Å². The summed E-state index contributed by atoms with van der Waals surface area (Å²) in [7, 11) is -3.31. The van der Waals surface area contributed by atoms with Crippen molar-refractivity contribution in [2.75, 3.05) is 0 Å². The maximum atomic E-state index is 13.0. The molecule has 0 aromatic heterocycles. The summed E-state index contributed by atoms with van der Waals surface area (Å²) in [6.07, 6.45) is 3.28. The maximum Gasteiger partial charge on any atom is 0.184 e. The van der Waals surface area contributed by atoms with Gasteiger partial charge in [0.15, 0.2) is 15.6 Å². The fourth-order valence-electron chi connectivity index (χ4n) is 4.70. The van der Waals surface area contributed by atoms with Gasteiger partial charge in [-0.3, -0.25) is 4.79 Å². The molecule has 3 nitrogen and oxygen atoms in total. The first-order chi connectivity index (χ1) is 12.3. The first-order valence-electron chi connectivity index (χ1n) is 9.23. The average Bonchev–Trinajstić information content (AvgIpc) is 2.56. The average molecular weight is 368 g/mol. The molecule has 0 aliphatic heterocycles. The van der Waals surface area contributed by atoms with Gasteiger partial charge in [0.05, 0.1) is 9.64 Å². The zero-order valence-electron chi connectivity index (χ0n) is 15.3. The lowest BCUT2D eigenvalue weighted by molar-refractivity contribution is -0.0791. The molecule has 0 amide bonds. The molecule has 3 saturated carbocycles. The molecule has 0 saturated heterocycles. The minimum absolute atomic E-state index is 0.0989. The molecular weight excluding hydrogens is 344 g/mol. The number of Topliss-reactive ketones (excluding diaryl/α,β-unsaturated/α-hetero) is 1. The Hall–Kier alpha value is -1.94. The number of sulfone groups is 1. The van der Waals surface area contributed by atoms with Gasteiger partial charge in [0.25, 0.3) is 0 Å². The number of rotatable bonds is 6. The van der Waals surface area contributed by atoms with E-state index in [1.807, 2.05) is 43.3 Å². The minimum Gasteiger partial charge on any atom is -0.294 e. The van der Waals surface area contributed by atoms with Crippen molar-refractivity contribution in [3.05, 3.63) is 65.2 Å². The van der Waals surface area contributed by atoms with E-state index in [4.69, 9.17) is 0 Å². The Morgan fingerprint density at radius 2 is 1.54 bits per heavy atom. The quantitative estimate of drug-likeness (QED) is 0.704. The van der Waals surface area contributed by atoms with Crippen LogP contribution in [0.15, 0.2) is 53.4 Å². The van der Waals surface area contributed by atoms with Gasteiger partial charge >= 0.3 is 0 Å². The van der Waals surface area contributed by atoms with Crippen molar-refractivity contribution in [1.29, 1.82) is 0 Å². The number of carbonyl (C=O) groups excluding carboxylic acids is 1. The summed E-state index contributed by atoms with van der Waals surface area (Å²) in [5.41, 5.74) is 2.91. The largest absolute Gasteiger partial charge is 0.294 e. The van der Waals surface area contributed by atoms with Crippen molar-refractivity contribution in [3.63, 3.8) is 0 Å². The Balaban J connectivity index is 1.44. The lowest BCUT2D eigenvalue weighted by Crippen LogP contribution is -2.70. The van der Waals surface area contributed by atoms with E-state index >= 15 is 0 Å². The predicted molar refractivity (Wildman–Crippen MR) is 102 cm³/mol. The molecule has 2 aromatic carbocycles. The van der Waals surface area contributed by atoms with E-state index < -0.39 is 14.6 Å². The van der Waals surface area contributed by atoms with Crippen LogP contribution in [0.5, 0.6) is 0 Å². The van der Waals surface area contributed by atoms with Gasteiger partial charge in [0, 0.05) is 12.0 Å². The minimum atomic E-state index is -3.31. The summed E-state index contributed by atoms with van der Waals surface area (Å²) in [6.45, 7) is 4.04. The standard InChI is InChI=1S/C22H24O3S/c1-3-17-6-8-18(9-7-17)20(23)12-21-13-22(14-21,15-21)26(24,25)19-10-4-16(2)5-11-19/h4-11H,3,12-15H2,1-2H3. The van der Waals surface area contributed by atoms with Gasteiger partial charge in [0.1, 0.15) is 0 Å². The molecule has 26 heavy (non-hydrogen) atoms. The molecule has 3 fully saturated rings. The Labute approximate surface area is 155 Å². The van der Waals surface area contributed by atoms with E-state index in [9.17, 15) is 13.2 Å². The Morgan fingerprint density at radius 1 is 0.962 bits per heavy atom. The summed E-state index contributed by atoms with van der Waals surface area (Å²) >= 11 is 0. The van der Waals surface area contributed by atoms with Crippen LogP contribution in [0.4, 0.5) is 0 Å². The number of carbonyl (C=O) groups is 1. The third kappa shape index (κ3) is 2.54. The van der Waals surface area contributed by atoms with Gasteiger partial charge in [0.2, 0.25) is 0 Å². The highest BCUT2D eigenvalue weighted by Crippen LogP contribution is 2.73. The zero-order valence-corrected chi connectivity index (χ0v) is 16.1. The van der Waals surface area contributed by atoms with Crippen LogP contribution in [0.25, 0.3) is 0 Å². The van der Waals surface area contributed by atoms with Gasteiger partial charge < -0.3 is 0 Å². The number of hydrogen-bond acceptors (Lipinski definition) is 3. The molecule has 5 rings (SSSR count). The first kappa shape index (κ1) is 17.5. The van der Waals surface area contributed by atoms with Gasteiger partial charge in [-0.1, -0.05) is 48.9 Å². The molecule has 0 unspecified atom stereocenters. The van der Waals surface area contributed by atoms with Gasteiger partial charge in [-0.2, -0.15) is 0 Å². The van der Waals surface area contributed by atoms with Crippen LogP contribution in [0.2, 0.25) is 0 Å². The van der Waals surface area contributed by atoms with Gasteiger partial charge in [-0.15, -0.1) is 0 Å². The number of ketones is 1. The second-order valence-electron chi connectivity index (χ2n) is 8.18. The maximum absolute atomic E-state index is 13.0. The highest BCUT2D eigenvalue weighted by Gasteiger charge is 2.74. The Morgan fingerprint density at radius 3 is 2.08 bits per heavy atom. The Kier molecular flexibility index (Phi) is 3.88. The first-order valence-corrected chi connectivity index (χ1v) is 10.7. The fraction of sp³-hybridized carbons (Fsp3) is 0.409. The van der Waals surface area contributed by atoms with Crippen LogP contribution in [0.1, 0.15) is 54.1 Å². The molecule has 2 bridgehead atoms. The summed E-state index contributed by atoms with van der Waals surface area (Å²) in [5, 5.41) is 0. The molecule has 3 aliphatic rings. The van der Waals surface area contributed by atoms with E-state index in [-0.39, 0.29) is 11.2 Å². The van der Waals surface area contributed by atoms with Crippen molar-refractivity contribution >= 4 is 15.6 Å². The molecule has 136 valence electrons. The number of aryl methyl sites for hydroxylation is 2. The van der Waals surface area contributed by atoms with E-state index in [1.165, 1.54) is 5.56 Å². The molecule has 0 heterocycles. The molecule has 0 spiro atoms. The van der Waals surface area contributed by atoms with Crippen LogP contribution < -0.4 is 0 Å². The van der Waals surface area contributed by atoms with Crippen LogP contribution in [0, 0.1) is 12.3 Å². The second-order valence-corrected chi connectivity index (χ2v) is 10.5. The second kappa shape index (κ2) is 5.78. The van der Waals surface area contributed by atoms with Crippen molar-refractivity contribution in [2.24, 2.45) is 5.41 Å². The summed E-state index contributed by atoms with van der Waals surface area (Å²) in [5.74, 6) is 0.133. The molecule has 2 aromatic rings. The lowest BCUT2D eigenvalue weighted by Gasteiger charge is -2.69. The van der Waals surface area contributed by atoms with Crippen molar-refractivity contribution < 1.29 is 13.2 Å². The normalized spacial score (nSPS) is 26.7. The zero-order chi connectivity index (χ0) is 18.6. The van der Waals surface area contributed by atoms with Crippen molar-refractivity contribution in [1.82, 2.24) is 0 Å². The molecule has 4 heteroatoms. The third-order valence-corrected chi connectivity index (χ3v) is 8.68. The summed E-state index contributed by atoms with van der Waals surface area (Å²) < 4.78 is 25.3.